The summed E-state index contributed by atoms with van der Waals surface area (Å²) in [5.41, 5.74) is 9.06. The zero-order valence-corrected chi connectivity index (χ0v) is 26.5. The van der Waals surface area contributed by atoms with Crippen molar-refractivity contribution in [2.45, 2.75) is 90.8 Å². The first-order chi connectivity index (χ1) is 20.3. The molecule has 0 spiro atoms. The van der Waals surface area contributed by atoms with Gasteiger partial charge in [-0.25, -0.2) is 14.4 Å². The second kappa shape index (κ2) is 14.7. The first-order valence-electron chi connectivity index (χ1n) is 14.5. The van der Waals surface area contributed by atoms with Crippen LogP contribution < -0.4 is 16.8 Å². The summed E-state index contributed by atoms with van der Waals surface area (Å²) in [6.45, 7) is 11.3. The molecule has 3 unspecified atom stereocenters. The number of hydrogen-bond donors (Lipinski definition) is 4. The van der Waals surface area contributed by atoms with Crippen LogP contribution in [0.3, 0.4) is 0 Å². The maximum Gasteiger partial charge on any atom is 0.338 e. The third-order valence-electron chi connectivity index (χ3n) is 7.44. The second-order valence-corrected chi connectivity index (χ2v) is 12.5. The van der Waals surface area contributed by atoms with E-state index in [1.54, 1.807) is 89.2 Å². The van der Waals surface area contributed by atoms with E-state index < -0.39 is 70.5 Å². The lowest BCUT2D eigenvalue weighted by Crippen LogP contribution is -2.66. The van der Waals surface area contributed by atoms with Crippen molar-refractivity contribution in [1.29, 1.82) is 0 Å². The van der Waals surface area contributed by atoms with Crippen molar-refractivity contribution in [1.82, 2.24) is 5.32 Å². The van der Waals surface area contributed by atoms with Gasteiger partial charge in [0.1, 0.15) is 12.2 Å². The average molecular weight is 612 g/mol. The summed E-state index contributed by atoms with van der Waals surface area (Å²) in [6, 6.07) is 13.8. The van der Waals surface area contributed by atoms with E-state index in [4.69, 9.17) is 20.9 Å². The molecule has 0 aliphatic rings. The van der Waals surface area contributed by atoms with Crippen LogP contribution in [0.25, 0.3) is 0 Å². The molecule has 2 aromatic carbocycles. The van der Waals surface area contributed by atoms with Gasteiger partial charge in [0.05, 0.1) is 11.6 Å². The molecule has 11 nitrogen and oxygen atoms in total. The van der Waals surface area contributed by atoms with Crippen molar-refractivity contribution in [3.05, 3.63) is 71.3 Å². The van der Waals surface area contributed by atoms with E-state index in [9.17, 15) is 29.1 Å². The zero-order valence-electron chi connectivity index (χ0n) is 26.5. The number of Topliss-reactive ketones (excluding diaryl/α,β-unsaturated/α-hetero) is 2. The summed E-state index contributed by atoms with van der Waals surface area (Å²) in [6.07, 6.45) is -0.645. The van der Waals surface area contributed by atoms with Crippen LogP contribution >= 0.6 is 0 Å². The van der Waals surface area contributed by atoms with Gasteiger partial charge in [-0.1, -0.05) is 70.2 Å². The Morgan fingerprint density at radius 3 is 1.84 bits per heavy atom. The minimum Gasteiger partial charge on any atom is -0.480 e. The van der Waals surface area contributed by atoms with E-state index in [0.717, 1.165) is 0 Å². The molecule has 44 heavy (non-hydrogen) atoms. The maximum atomic E-state index is 14.1. The number of ether oxygens (including phenoxy) is 2. The fraction of sp³-hybridized carbons (Fsp3) is 0.485. The van der Waals surface area contributed by atoms with Gasteiger partial charge in [0.25, 0.3) is 0 Å². The standard InChI is InChI=1S/C33H45N3O8/c1-20(2)32(34,29(40)41)26(37)17-25(36-18-22-13-15-24(16-14-22)28(39)44-31(5,6)7)27(38)33(35,21(3)4)30(42)43-19-23-11-9-8-10-12-23/h8-16,20-21,25,36H,17-19,34-35H2,1-7H3,(H,40,41). The van der Waals surface area contributed by atoms with Gasteiger partial charge in [-0.15, -0.1) is 0 Å². The van der Waals surface area contributed by atoms with Crippen LogP contribution in [0.4, 0.5) is 0 Å². The number of carboxylic acids is 1. The highest BCUT2D eigenvalue weighted by Gasteiger charge is 2.52. The molecule has 6 N–H and O–H groups in total. The molecule has 3 atom stereocenters. The lowest BCUT2D eigenvalue weighted by Gasteiger charge is -2.34. The van der Waals surface area contributed by atoms with E-state index in [1.165, 1.54) is 13.8 Å². The molecule has 0 amide bonds. The first-order valence-corrected chi connectivity index (χ1v) is 14.5. The van der Waals surface area contributed by atoms with Crippen LogP contribution in [0.15, 0.2) is 54.6 Å². The van der Waals surface area contributed by atoms with E-state index in [-0.39, 0.29) is 13.2 Å². The smallest absolute Gasteiger partial charge is 0.338 e. The quantitative estimate of drug-likeness (QED) is 0.171. The van der Waals surface area contributed by atoms with E-state index in [1.807, 2.05) is 0 Å². The van der Waals surface area contributed by atoms with Gasteiger partial charge >= 0.3 is 17.9 Å². The van der Waals surface area contributed by atoms with Gasteiger partial charge in [-0.3, -0.25) is 9.59 Å². The lowest BCUT2D eigenvalue weighted by atomic mass is 9.76. The SMILES string of the molecule is CC(C)C(N)(C(=O)O)C(=O)CC(NCc1ccc(C(=O)OC(C)(C)C)cc1)C(=O)C(N)(C(=O)OCc1ccccc1)C(C)C. The van der Waals surface area contributed by atoms with Crippen LogP contribution in [0.2, 0.25) is 0 Å². The number of nitrogens with two attached hydrogens (primary N) is 2. The fourth-order valence-electron chi connectivity index (χ4n) is 4.39. The Morgan fingerprint density at radius 1 is 0.818 bits per heavy atom. The Kier molecular flexibility index (Phi) is 12.1. The molecule has 2 aromatic rings. The normalized spacial score (nSPS) is 15.2. The Labute approximate surface area is 258 Å². The number of aliphatic carboxylic acids is 1. The number of benzene rings is 2. The number of esters is 2. The Hall–Kier alpha value is -3.93. The van der Waals surface area contributed by atoms with Crippen molar-refractivity contribution in [3.63, 3.8) is 0 Å². The molecule has 0 heterocycles. The number of carbonyl (C=O) groups excluding carboxylic acids is 4. The highest BCUT2D eigenvalue weighted by atomic mass is 16.6. The van der Waals surface area contributed by atoms with Gasteiger partial charge in [0, 0.05) is 13.0 Å². The van der Waals surface area contributed by atoms with Crippen molar-refractivity contribution >= 4 is 29.5 Å². The fourth-order valence-corrected chi connectivity index (χ4v) is 4.39. The number of carboxylic acid groups (broad SMARTS) is 1. The monoisotopic (exact) mass is 611 g/mol. The third kappa shape index (κ3) is 8.81. The van der Waals surface area contributed by atoms with Crippen molar-refractivity contribution in [3.8, 4) is 0 Å². The maximum absolute atomic E-state index is 14.1. The molecule has 240 valence electrons. The van der Waals surface area contributed by atoms with Gasteiger partial charge in [-0.2, -0.15) is 0 Å². The van der Waals surface area contributed by atoms with Crippen LogP contribution in [0.1, 0.15) is 76.4 Å². The zero-order chi connectivity index (χ0) is 33.5. The number of nitrogens with one attached hydrogen (secondary N) is 1. The Bertz CT molecular complexity index is 1340. The van der Waals surface area contributed by atoms with Crippen LogP contribution in [-0.4, -0.2) is 57.3 Å². The number of ketones is 2. The second-order valence-electron chi connectivity index (χ2n) is 12.5. The van der Waals surface area contributed by atoms with Crippen molar-refractivity contribution < 1.29 is 38.6 Å². The van der Waals surface area contributed by atoms with Crippen LogP contribution in [-0.2, 0) is 41.8 Å². The first kappa shape index (κ1) is 36.3. The minimum absolute atomic E-state index is 0.0118. The molecule has 0 saturated heterocycles. The van der Waals surface area contributed by atoms with Gasteiger partial charge in [0.15, 0.2) is 22.6 Å². The molecule has 2 rings (SSSR count). The summed E-state index contributed by atoms with van der Waals surface area (Å²) in [5, 5.41) is 12.8. The summed E-state index contributed by atoms with van der Waals surface area (Å²) in [5.74, 6) is -6.33. The van der Waals surface area contributed by atoms with Crippen LogP contribution in [0, 0.1) is 11.8 Å². The Morgan fingerprint density at radius 2 is 1.36 bits per heavy atom. The van der Waals surface area contributed by atoms with E-state index >= 15 is 0 Å². The molecule has 0 bridgehead atoms. The average Bonchev–Trinajstić information content (AvgIpc) is 2.96. The van der Waals surface area contributed by atoms with Crippen LogP contribution in [0.5, 0.6) is 0 Å². The summed E-state index contributed by atoms with van der Waals surface area (Å²) >= 11 is 0. The summed E-state index contributed by atoms with van der Waals surface area (Å²) < 4.78 is 10.8. The topological polar surface area (TPSA) is 188 Å². The van der Waals surface area contributed by atoms with Gasteiger partial charge in [-0.05, 0) is 55.9 Å². The summed E-state index contributed by atoms with van der Waals surface area (Å²) in [4.78, 5) is 65.3. The molecule has 0 aliphatic heterocycles. The predicted molar refractivity (Wildman–Crippen MR) is 164 cm³/mol. The molecule has 0 saturated carbocycles. The molecule has 0 aliphatic carbocycles. The largest absolute Gasteiger partial charge is 0.480 e. The van der Waals surface area contributed by atoms with Gasteiger partial charge in [0.2, 0.25) is 0 Å². The third-order valence-corrected chi connectivity index (χ3v) is 7.44. The molecule has 0 aromatic heterocycles. The molecular weight excluding hydrogens is 566 g/mol. The highest BCUT2D eigenvalue weighted by Crippen LogP contribution is 2.25. The highest BCUT2D eigenvalue weighted by molar-refractivity contribution is 6.14. The van der Waals surface area contributed by atoms with Gasteiger partial charge < -0.3 is 31.4 Å². The predicted octanol–water partition coefficient (Wildman–Crippen LogP) is 3.16. The van der Waals surface area contributed by atoms with E-state index in [2.05, 4.69) is 5.32 Å². The summed E-state index contributed by atoms with van der Waals surface area (Å²) in [7, 11) is 0. The molecule has 11 heteroatoms. The van der Waals surface area contributed by atoms with E-state index in [0.29, 0.717) is 16.7 Å². The Balaban J connectivity index is 2.39. The molecule has 0 radical (unpaired) electrons. The number of rotatable bonds is 15. The molecular formula is C33H45N3O8. The lowest BCUT2D eigenvalue weighted by molar-refractivity contribution is -0.159. The minimum atomic E-state index is -2.28. The number of carbonyl (C=O) groups is 5. The number of hydrogen-bond acceptors (Lipinski definition) is 10. The van der Waals surface area contributed by atoms with Crippen molar-refractivity contribution in [2.24, 2.45) is 23.3 Å². The van der Waals surface area contributed by atoms with Crippen molar-refractivity contribution in [2.75, 3.05) is 0 Å². The molecule has 0 fully saturated rings.